The van der Waals surface area contributed by atoms with Crippen molar-refractivity contribution in [1.82, 2.24) is 0 Å². The topological polar surface area (TPSA) is 69.9 Å². The quantitative estimate of drug-likeness (QED) is 0.352. The van der Waals surface area contributed by atoms with Crippen LogP contribution in [-0.2, 0) is 4.74 Å². The van der Waals surface area contributed by atoms with Crippen LogP contribution in [0, 0.1) is 0 Å². The van der Waals surface area contributed by atoms with Gasteiger partial charge in [-0.3, -0.25) is 0 Å². The largest absolute Gasteiger partial charge is 0.387 e. The molecule has 0 aromatic heterocycles. The molecule has 0 amide bonds. The van der Waals surface area contributed by atoms with E-state index in [2.05, 4.69) is 12.6 Å². The summed E-state index contributed by atoms with van der Waals surface area (Å²) in [6.45, 7) is 0. The van der Waals surface area contributed by atoms with Crippen LogP contribution in [0.25, 0.3) is 0 Å². The third-order valence-electron chi connectivity index (χ3n) is 1.52. The van der Waals surface area contributed by atoms with E-state index in [9.17, 15) is 0 Å². The van der Waals surface area contributed by atoms with Gasteiger partial charge in [-0.25, -0.2) is 0 Å². The lowest BCUT2D eigenvalue weighted by Gasteiger charge is -2.09. The first-order valence-corrected chi connectivity index (χ1v) is 3.60. The summed E-state index contributed by atoms with van der Waals surface area (Å²) >= 11 is 3.85. The zero-order chi connectivity index (χ0) is 7.72. The molecule has 0 saturated carbocycles. The zero-order valence-corrected chi connectivity index (χ0v) is 6.11. The van der Waals surface area contributed by atoms with Crippen molar-refractivity contribution in [3.05, 3.63) is 0 Å². The van der Waals surface area contributed by atoms with Gasteiger partial charge in [0.25, 0.3) is 0 Å². The maximum Gasteiger partial charge on any atom is 0.183 e. The summed E-state index contributed by atoms with van der Waals surface area (Å²) in [5.41, 5.74) is 0. The summed E-state index contributed by atoms with van der Waals surface area (Å²) in [6, 6.07) is 0. The number of hydrogen-bond donors (Lipinski definition) is 4. The molecule has 1 fully saturated rings. The molecular weight excluding hydrogens is 156 g/mol. The highest BCUT2D eigenvalue weighted by Gasteiger charge is 2.40. The molecule has 1 aliphatic heterocycles. The van der Waals surface area contributed by atoms with Crippen molar-refractivity contribution in [3.63, 3.8) is 0 Å². The second kappa shape index (κ2) is 3.06. The molecule has 0 radical (unpaired) electrons. The molecule has 0 bridgehead atoms. The predicted molar refractivity (Wildman–Crippen MR) is 36.7 cm³/mol. The Kier molecular flexibility index (Phi) is 2.54. The van der Waals surface area contributed by atoms with Crippen molar-refractivity contribution in [2.45, 2.75) is 24.6 Å². The Morgan fingerprint density at radius 3 is 2.00 bits per heavy atom. The van der Waals surface area contributed by atoms with Crippen molar-refractivity contribution in [1.29, 1.82) is 0 Å². The number of aliphatic hydroxyl groups is 3. The number of ether oxygens (including phenoxy) is 1. The second-order valence-corrected chi connectivity index (χ2v) is 2.59. The van der Waals surface area contributed by atoms with Gasteiger partial charge in [-0.05, 0) is 0 Å². The minimum absolute atomic E-state index is 0.287. The molecule has 60 valence electrons. The van der Waals surface area contributed by atoms with Gasteiger partial charge in [-0.2, -0.15) is 12.6 Å². The maximum absolute atomic E-state index is 9.04. The van der Waals surface area contributed by atoms with Gasteiger partial charge in [0.15, 0.2) is 6.29 Å². The first kappa shape index (κ1) is 8.29. The Bertz CT molecular complexity index is 120. The first-order chi connectivity index (χ1) is 4.66. The Labute approximate surface area is 63.8 Å². The summed E-state index contributed by atoms with van der Waals surface area (Å²) < 4.78 is 4.71. The molecule has 4 nitrogen and oxygen atoms in total. The van der Waals surface area contributed by atoms with Gasteiger partial charge in [-0.1, -0.05) is 0 Å². The minimum atomic E-state index is -1.27. The molecule has 1 saturated heterocycles. The van der Waals surface area contributed by atoms with Crippen molar-refractivity contribution in [3.8, 4) is 0 Å². The summed E-state index contributed by atoms with van der Waals surface area (Å²) in [5, 5.41) is 26.8. The van der Waals surface area contributed by atoms with Crippen LogP contribution in [0.3, 0.4) is 0 Å². The zero-order valence-electron chi connectivity index (χ0n) is 5.21. The highest BCUT2D eigenvalue weighted by atomic mass is 32.1. The molecule has 0 aliphatic carbocycles. The fraction of sp³-hybridized carbons (Fsp3) is 1.00. The van der Waals surface area contributed by atoms with Crippen LogP contribution in [0.5, 0.6) is 0 Å². The first-order valence-electron chi connectivity index (χ1n) is 2.97. The SMILES string of the molecule is OC1O[C@H](CS)[C@H](O)[C@H]1O. The average molecular weight is 166 g/mol. The molecule has 0 spiro atoms. The Balaban J connectivity index is 2.53. The van der Waals surface area contributed by atoms with E-state index in [1.165, 1.54) is 0 Å². The third kappa shape index (κ3) is 1.28. The van der Waals surface area contributed by atoms with E-state index in [4.69, 9.17) is 20.1 Å². The minimum Gasteiger partial charge on any atom is -0.387 e. The van der Waals surface area contributed by atoms with Crippen LogP contribution in [0.15, 0.2) is 0 Å². The van der Waals surface area contributed by atoms with Crippen molar-refractivity contribution < 1.29 is 20.1 Å². The molecular formula is C5H10O4S. The number of hydrogen-bond acceptors (Lipinski definition) is 5. The van der Waals surface area contributed by atoms with Crippen LogP contribution in [0.2, 0.25) is 0 Å². The van der Waals surface area contributed by atoms with Gasteiger partial charge < -0.3 is 20.1 Å². The van der Waals surface area contributed by atoms with Crippen LogP contribution in [0.1, 0.15) is 0 Å². The molecule has 1 heterocycles. The standard InChI is InChI=1S/C5H10O4S/c6-3-2(1-10)9-5(8)4(3)7/h2-8,10H,1H2/t2-,3+,4-,5?/m1/s1. The van der Waals surface area contributed by atoms with Crippen molar-refractivity contribution in [2.24, 2.45) is 0 Å². The Morgan fingerprint density at radius 1 is 1.20 bits per heavy atom. The van der Waals surface area contributed by atoms with E-state index in [1.807, 2.05) is 0 Å². The summed E-state index contributed by atoms with van der Waals surface area (Å²) in [4.78, 5) is 0. The molecule has 1 unspecified atom stereocenters. The van der Waals surface area contributed by atoms with Gasteiger partial charge in [0, 0.05) is 5.75 Å². The van der Waals surface area contributed by atoms with Crippen LogP contribution >= 0.6 is 12.6 Å². The summed E-state index contributed by atoms with van der Waals surface area (Å²) in [5.74, 6) is 0.287. The molecule has 1 rings (SSSR count). The second-order valence-electron chi connectivity index (χ2n) is 2.23. The van der Waals surface area contributed by atoms with E-state index in [1.54, 1.807) is 0 Å². The van der Waals surface area contributed by atoms with Crippen LogP contribution in [0.4, 0.5) is 0 Å². The molecule has 10 heavy (non-hydrogen) atoms. The molecule has 3 N–H and O–H groups in total. The molecule has 5 heteroatoms. The smallest absolute Gasteiger partial charge is 0.183 e. The van der Waals surface area contributed by atoms with E-state index >= 15 is 0 Å². The fourth-order valence-corrected chi connectivity index (χ4v) is 1.18. The van der Waals surface area contributed by atoms with Crippen LogP contribution in [-0.4, -0.2) is 45.7 Å². The van der Waals surface area contributed by atoms with Gasteiger partial charge in [0.05, 0.1) is 6.10 Å². The predicted octanol–water partition coefficient (Wildman–Crippen LogP) is -1.64. The lowest BCUT2D eigenvalue weighted by atomic mass is 10.2. The fourth-order valence-electron chi connectivity index (χ4n) is 0.880. The summed E-state index contributed by atoms with van der Waals surface area (Å²) in [6.07, 6.45) is -4.05. The molecule has 4 atom stereocenters. The summed E-state index contributed by atoms with van der Waals surface area (Å²) in [7, 11) is 0. The number of rotatable bonds is 1. The lowest BCUT2D eigenvalue weighted by Crippen LogP contribution is -2.32. The molecule has 1 aliphatic rings. The van der Waals surface area contributed by atoms with Crippen LogP contribution < -0.4 is 0 Å². The highest BCUT2D eigenvalue weighted by Crippen LogP contribution is 2.19. The number of thiol groups is 1. The van der Waals surface area contributed by atoms with Crippen molar-refractivity contribution >= 4 is 12.6 Å². The monoisotopic (exact) mass is 166 g/mol. The lowest BCUT2D eigenvalue weighted by molar-refractivity contribution is -0.123. The molecule has 0 aromatic rings. The van der Waals surface area contributed by atoms with E-state index in [0.29, 0.717) is 0 Å². The third-order valence-corrected chi connectivity index (χ3v) is 1.88. The Morgan fingerprint density at radius 2 is 1.80 bits per heavy atom. The highest BCUT2D eigenvalue weighted by molar-refractivity contribution is 7.80. The molecule has 0 aromatic carbocycles. The van der Waals surface area contributed by atoms with E-state index < -0.39 is 24.6 Å². The van der Waals surface area contributed by atoms with Crippen molar-refractivity contribution in [2.75, 3.05) is 5.75 Å². The normalized spacial score (nSPS) is 48.0. The van der Waals surface area contributed by atoms with Gasteiger partial charge in [-0.15, -0.1) is 0 Å². The van der Waals surface area contributed by atoms with Gasteiger partial charge in [0.1, 0.15) is 12.2 Å². The van der Waals surface area contributed by atoms with E-state index in [0.717, 1.165) is 0 Å². The Hall–Kier alpha value is 0.190. The average Bonchev–Trinajstić information content (AvgIpc) is 2.17. The van der Waals surface area contributed by atoms with Gasteiger partial charge in [0.2, 0.25) is 0 Å². The van der Waals surface area contributed by atoms with Gasteiger partial charge >= 0.3 is 0 Å². The van der Waals surface area contributed by atoms with E-state index in [-0.39, 0.29) is 5.75 Å². The maximum atomic E-state index is 9.04. The number of aliphatic hydroxyl groups excluding tert-OH is 3.